The van der Waals surface area contributed by atoms with Gasteiger partial charge in [-0.3, -0.25) is 9.36 Å². The zero-order chi connectivity index (χ0) is 20.3. The Bertz CT molecular complexity index is 978. The number of aryl methyl sites for hydroxylation is 1. The summed E-state index contributed by atoms with van der Waals surface area (Å²) in [5.74, 6) is 0.0661. The maximum atomic E-state index is 13.3. The van der Waals surface area contributed by atoms with Crippen molar-refractivity contribution in [1.29, 1.82) is 0 Å². The van der Waals surface area contributed by atoms with Crippen LogP contribution in [0.4, 0.5) is 4.39 Å². The minimum atomic E-state index is -0.541. The van der Waals surface area contributed by atoms with Gasteiger partial charge in [-0.05, 0) is 63.6 Å². The highest BCUT2D eigenvalue weighted by Crippen LogP contribution is 2.29. The Kier molecular flexibility index (Phi) is 5.84. The van der Waals surface area contributed by atoms with Gasteiger partial charge in [0.25, 0.3) is 0 Å². The molecule has 0 radical (unpaired) electrons. The quantitative estimate of drug-likeness (QED) is 0.455. The van der Waals surface area contributed by atoms with Gasteiger partial charge in [0.15, 0.2) is 11.0 Å². The highest BCUT2D eigenvalue weighted by Gasteiger charge is 2.21. The van der Waals surface area contributed by atoms with E-state index in [0.29, 0.717) is 11.0 Å². The fourth-order valence-corrected chi connectivity index (χ4v) is 3.39. The van der Waals surface area contributed by atoms with E-state index in [9.17, 15) is 9.18 Å². The predicted molar refractivity (Wildman–Crippen MR) is 108 cm³/mol. The maximum Gasteiger partial charge on any atom is 0.316 e. The van der Waals surface area contributed by atoms with Crippen LogP contribution < -0.4 is 0 Å². The second-order valence-corrected chi connectivity index (χ2v) is 8.25. The lowest BCUT2D eigenvalue weighted by molar-refractivity contribution is -0.151. The number of nitrogens with zero attached hydrogens (tertiary/aromatic N) is 3. The van der Waals surface area contributed by atoms with Crippen LogP contribution in [0.2, 0.25) is 0 Å². The number of thioether (sulfide) groups is 1. The molecular weight excluding hydrogens is 377 g/mol. The summed E-state index contributed by atoms with van der Waals surface area (Å²) in [7, 11) is 0. The zero-order valence-electron chi connectivity index (χ0n) is 16.3. The monoisotopic (exact) mass is 399 g/mol. The number of para-hydroxylation sites is 1. The Balaban J connectivity index is 1.98. The molecule has 0 bridgehead atoms. The van der Waals surface area contributed by atoms with Crippen LogP contribution in [0.15, 0.2) is 53.7 Å². The van der Waals surface area contributed by atoms with Crippen LogP contribution in [0.3, 0.4) is 0 Å². The van der Waals surface area contributed by atoms with Crippen LogP contribution >= 0.6 is 11.8 Å². The second kappa shape index (κ2) is 8.14. The molecule has 1 aromatic heterocycles. The molecule has 0 N–H and O–H groups in total. The number of carbonyl (C=O) groups is 1. The SMILES string of the molecule is Cc1ccccc1-n1c(SCC(=O)OC(C)(C)C)nnc1-c1ccc(F)cc1. The predicted octanol–water partition coefficient (Wildman–Crippen LogP) is 4.82. The molecule has 0 aliphatic rings. The van der Waals surface area contributed by atoms with Gasteiger partial charge in [0, 0.05) is 5.56 Å². The van der Waals surface area contributed by atoms with Crippen molar-refractivity contribution >= 4 is 17.7 Å². The number of hydrogen-bond acceptors (Lipinski definition) is 5. The van der Waals surface area contributed by atoms with Gasteiger partial charge < -0.3 is 4.74 Å². The number of benzene rings is 2. The number of hydrogen-bond donors (Lipinski definition) is 0. The summed E-state index contributed by atoms with van der Waals surface area (Å²) in [5, 5.41) is 9.15. The summed E-state index contributed by atoms with van der Waals surface area (Å²) >= 11 is 1.26. The van der Waals surface area contributed by atoms with E-state index in [-0.39, 0.29) is 17.5 Å². The van der Waals surface area contributed by atoms with Crippen molar-refractivity contribution in [2.24, 2.45) is 0 Å². The highest BCUT2D eigenvalue weighted by molar-refractivity contribution is 7.99. The van der Waals surface area contributed by atoms with Gasteiger partial charge in [0.05, 0.1) is 11.4 Å². The van der Waals surface area contributed by atoms with E-state index in [4.69, 9.17) is 4.74 Å². The molecule has 0 saturated carbocycles. The normalized spacial score (nSPS) is 11.5. The van der Waals surface area contributed by atoms with Gasteiger partial charge in [0.1, 0.15) is 11.4 Å². The first-order valence-corrected chi connectivity index (χ1v) is 9.85. The van der Waals surface area contributed by atoms with E-state index in [0.717, 1.165) is 16.8 Å². The lowest BCUT2D eigenvalue weighted by Crippen LogP contribution is -2.25. The van der Waals surface area contributed by atoms with Crippen LogP contribution in [0.5, 0.6) is 0 Å². The second-order valence-electron chi connectivity index (χ2n) is 7.31. The van der Waals surface area contributed by atoms with Crippen LogP contribution in [0.25, 0.3) is 17.1 Å². The molecular formula is C21H22FN3O2S. The molecule has 0 fully saturated rings. The summed E-state index contributed by atoms with van der Waals surface area (Å²) in [5.41, 5.74) is 2.13. The van der Waals surface area contributed by atoms with Gasteiger partial charge in [-0.2, -0.15) is 0 Å². The van der Waals surface area contributed by atoms with Crippen molar-refractivity contribution in [3.8, 4) is 17.1 Å². The molecule has 3 aromatic rings. The molecule has 0 aliphatic carbocycles. The fourth-order valence-electron chi connectivity index (χ4n) is 2.68. The first kappa shape index (κ1) is 20.1. The summed E-state index contributed by atoms with van der Waals surface area (Å²) in [4.78, 5) is 12.1. The number of halogens is 1. The van der Waals surface area contributed by atoms with Crippen LogP contribution in [-0.2, 0) is 9.53 Å². The molecule has 146 valence electrons. The number of rotatable bonds is 5. The van der Waals surface area contributed by atoms with Crippen LogP contribution in [0.1, 0.15) is 26.3 Å². The lowest BCUT2D eigenvalue weighted by atomic mass is 10.1. The average Bonchev–Trinajstić information content (AvgIpc) is 3.03. The third-order valence-electron chi connectivity index (χ3n) is 3.83. The molecule has 2 aromatic carbocycles. The molecule has 5 nitrogen and oxygen atoms in total. The third kappa shape index (κ3) is 4.78. The van der Waals surface area contributed by atoms with Crippen molar-refractivity contribution in [3.05, 3.63) is 59.9 Å². The van der Waals surface area contributed by atoms with E-state index >= 15 is 0 Å². The topological polar surface area (TPSA) is 57.0 Å². The van der Waals surface area contributed by atoms with Crippen molar-refractivity contribution < 1.29 is 13.9 Å². The molecule has 0 atom stereocenters. The van der Waals surface area contributed by atoms with E-state index in [1.165, 1.54) is 23.9 Å². The standard InChI is InChI=1S/C21H22FN3O2S/c1-14-7-5-6-8-17(14)25-19(15-9-11-16(22)12-10-15)23-24-20(25)28-13-18(26)27-21(2,3)4/h5-12H,13H2,1-4H3. The molecule has 7 heteroatoms. The summed E-state index contributed by atoms with van der Waals surface area (Å²) < 4.78 is 20.6. The van der Waals surface area contributed by atoms with Crippen LogP contribution in [-0.4, -0.2) is 32.1 Å². The molecule has 0 aliphatic heterocycles. The minimum absolute atomic E-state index is 0.116. The number of esters is 1. The van der Waals surface area contributed by atoms with Crippen LogP contribution in [0, 0.1) is 12.7 Å². The molecule has 3 rings (SSSR count). The Morgan fingerprint density at radius 2 is 1.79 bits per heavy atom. The van der Waals surface area contributed by atoms with Crippen molar-refractivity contribution in [2.45, 2.75) is 38.5 Å². The molecule has 1 heterocycles. The lowest BCUT2D eigenvalue weighted by Gasteiger charge is -2.19. The largest absolute Gasteiger partial charge is 0.459 e. The Morgan fingerprint density at radius 1 is 1.11 bits per heavy atom. The molecule has 0 unspecified atom stereocenters. The van der Waals surface area contributed by atoms with Crippen molar-refractivity contribution in [1.82, 2.24) is 14.8 Å². The molecule has 28 heavy (non-hydrogen) atoms. The first-order chi connectivity index (χ1) is 13.2. The summed E-state index contributed by atoms with van der Waals surface area (Å²) in [6.45, 7) is 7.49. The first-order valence-electron chi connectivity index (χ1n) is 8.86. The number of carbonyl (C=O) groups excluding carboxylic acids is 1. The molecule has 0 spiro atoms. The minimum Gasteiger partial charge on any atom is -0.459 e. The van der Waals surface area contributed by atoms with E-state index in [2.05, 4.69) is 10.2 Å². The van der Waals surface area contributed by atoms with Crippen molar-refractivity contribution in [2.75, 3.05) is 5.75 Å². The summed E-state index contributed by atoms with van der Waals surface area (Å²) in [6, 6.07) is 13.9. The van der Waals surface area contributed by atoms with Gasteiger partial charge in [0.2, 0.25) is 0 Å². The molecule has 0 amide bonds. The summed E-state index contributed by atoms with van der Waals surface area (Å²) in [6.07, 6.45) is 0. The van der Waals surface area contributed by atoms with E-state index < -0.39 is 5.60 Å². The number of ether oxygens (including phenoxy) is 1. The zero-order valence-corrected chi connectivity index (χ0v) is 17.1. The smallest absolute Gasteiger partial charge is 0.316 e. The fraction of sp³-hybridized carbons (Fsp3) is 0.286. The Morgan fingerprint density at radius 3 is 2.43 bits per heavy atom. The highest BCUT2D eigenvalue weighted by atomic mass is 32.2. The van der Waals surface area contributed by atoms with E-state index in [1.54, 1.807) is 12.1 Å². The average molecular weight is 399 g/mol. The number of aromatic nitrogens is 3. The molecule has 0 saturated heterocycles. The van der Waals surface area contributed by atoms with Crippen molar-refractivity contribution in [3.63, 3.8) is 0 Å². The van der Waals surface area contributed by atoms with Gasteiger partial charge in [-0.1, -0.05) is 30.0 Å². The third-order valence-corrected chi connectivity index (χ3v) is 4.73. The maximum absolute atomic E-state index is 13.3. The Hall–Kier alpha value is -2.67. The van der Waals surface area contributed by atoms with Gasteiger partial charge in [-0.25, -0.2) is 4.39 Å². The van der Waals surface area contributed by atoms with Gasteiger partial charge >= 0.3 is 5.97 Å². The van der Waals surface area contributed by atoms with E-state index in [1.807, 2.05) is 56.5 Å². The van der Waals surface area contributed by atoms with Gasteiger partial charge in [-0.15, -0.1) is 10.2 Å². The Labute approximate surface area is 167 Å².